The van der Waals surface area contributed by atoms with Crippen LogP contribution in [0.2, 0.25) is 5.02 Å². The lowest BCUT2D eigenvalue weighted by Crippen LogP contribution is -2.18. The van der Waals surface area contributed by atoms with Gasteiger partial charge >= 0.3 is 0 Å². The normalized spacial score (nSPS) is 12.2. The fourth-order valence-electron chi connectivity index (χ4n) is 2.04. The Morgan fingerprint density at radius 3 is 2.75 bits per heavy atom. The Balaban J connectivity index is 2.23. The second-order valence-corrected chi connectivity index (χ2v) is 4.98. The summed E-state index contributed by atoms with van der Waals surface area (Å²) in [5.41, 5.74) is 1.59. The van der Waals surface area contributed by atoms with E-state index in [1.807, 2.05) is 13.8 Å². The molecule has 0 amide bonds. The van der Waals surface area contributed by atoms with Crippen molar-refractivity contribution in [2.45, 2.75) is 26.4 Å². The average molecular weight is 295 g/mol. The topological polar surface area (TPSA) is 34.0 Å². The maximum Gasteiger partial charge on any atom is 0.250 e. The third kappa shape index (κ3) is 3.20. The molecule has 0 bridgehead atoms. The van der Waals surface area contributed by atoms with Gasteiger partial charge in [0.1, 0.15) is 5.82 Å². The van der Waals surface area contributed by atoms with E-state index in [4.69, 9.17) is 11.6 Å². The molecule has 2 aromatic rings. The van der Waals surface area contributed by atoms with Crippen LogP contribution in [0.1, 0.15) is 25.5 Å². The van der Waals surface area contributed by atoms with E-state index in [1.54, 1.807) is 22.9 Å². The lowest BCUT2D eigenvalue weighted by molar-refractivity contribution is 0.626. The number of aromatic nitrogens is 1. The number of rotatable bonds is 4. The Hall–Kier alpha value is -1.81. The van der Waals surface area contributed by atoms with Crippen molar-refractivity contribution in [3.63, 3.8) is 0 Å². The predicted molar refractivity (Wildman–Crippen MR) is 79.8 cm³/mol. The van der Waals surface area contributed by atoms with Gasteiger partial charge in [-0.15, -0.1) is 0 Å². The molecule has 0 radical (unpaired) electrons. The maximum atomic E-state index is 13.0. The van der Waals surface area contributed by atoms with Crippen molar-refractivity contribution in [3.05, 3.63) is 63.3 Å². The molecule has 0 aliphatic rings. The van der Waals surface area contributed by atoms with Crippen molar-refractivity contribution in [1.82, 2.24) is 4.57 Å². The molecule has 1 heterocycles. The molecule has 5 heteroatoms. The van der Waals surface area contributed by atoms with E-state index in [0.717, 1.165) is 11.3 Å². The van der Waals surface area contributed by atoms with Crippen LogP contribution in [0.5, 0.6) is 0 Å². The fraction of sp³-hybridized carbons (Fsp3) is 0.267. The van der Waals surface area contributed by atoms with Gasteiger partial charge in [0.15, 0.2) is 0 Å². The van der Waals surface area contributed by atoms with E-state index in [2.05, 4.69) is 5.32 Å². The van der Waals surface area contributed by atoms with E-state index in [0.29, 0.717) is 11.6 Å². The van der Waals surface area contributed by atoms with Crippen LogP contribution in [0.3, 0.4) is 0 Å². The highest BCUT2D eigenvalue weighted by molar-refractivity contribution is 6.31. The Bertz CT molecular complexity index is 669. The Morgan fingerprint density at radius 1 is 1.35 bits per heavy atom. The molecule has 0 aliphatic heterocycles. The smallest absolute Gasteiger partial charge is 0.250 e. The van der Waals surface area contributed by atoms with Gasteiger partial charge in [0.2, 0.25) is 0 Å². The number of anilines is 1. The number of pyridine rings is 1. The molecule has 1 unspecified atom stereocenters. The van der Waals surface area contributed by atoms with Crippen LogP contribution in [0, 0.1) is 5.82 Å². The van der Waals surface area contributed by atoms with Gasteiger partial charge in [-0.3, -0.25) is 4.79 Å². The van der Waals surface area contributed by atoms with Crippen LogP contribution in [-0.4, -0.2) is 4.57 Å². The quantitative estimate of drug-likeness (QED) is 0.930. The molecule has 2 rings (SSSR count). The third-order valence-corrected chi connectivity index (χ3v) is 3.46. The lowest BCUT2D eigenvalue weighted by Gasteiger charge is -2.17. The zero-order valence-electron chi connectivity index (χ0n) is 11.4. The Labute approximate surface area is 122 Å². The van der Waals surface area contributed by atoms with Crippen molar-refractivity contribution in [2.75, 3.05) is 5.32 Å². The highest BCUT2D eigenvalue weighted by Gasteiger charge is 2.10. The van der Waals surface area contributed by atoms with Gasteiger partial charge < -0.3 is 9.88 Å². The van der Waals surface area contributed by atoms with Gasteiger partial charge in [-0.2, -0.15) is 0 Å². The summed E-state index contributed by atoms with van der Waals surface area (Å²) in [7, 11) is 0. The van der Waals surface area contributed by atoms with Gasteiger partial charge in [0, 0.05) is 23.8 Å². The molecule has 20 heavy (non-hydrogen) atoms. The lowest BCUT2D eigenvalue weighted by atomic mass is 10.1. The number of benzene rings is 1. The summed E-state index contributed by atoms with van der Waals surface area (Å²) in [6, 6.07) is 7.48. The van der Waals surface area contributed by atoms with Gasteiger partial charge in [-0.25, -0.2) is 4.39 Å². The number of hydrogen-bond donors (Lipinski definition) is 1. The third-order valence-electron chi connectivity index (χ3n) is 3.14. The number of nitrogens with one attached hydrogen (secondary N) is 1. The maximum absolute atomic E-state index is 13.0. The molecule has 3 nitrogen and oxygen atoms in total. The first-order valence-electron chi connectivity index (χ1n) is 6.43. The second kappa shape index (κ2) is 6.09. The van der Waals surface area contributed by atoms with E-state index in [-0.39, 0.29) is 17.4 Å². The zero-order valence-corrected chi connectivity index (χ0v) is 12.1. The summed E-state index contributed by atoms with van der Waals surface area (Å²) >= 11 is 6.04. The first kappa shape index (κ1) is 14.6. The summed E-state index contributed by atoms with van der Waals surface area (Å²) in [4.78, 5) is 11.5. The number of nitrogens with zero attached hydrogens (tertiary/aromatic N) is 1. The fourth-order valence-corrected chi connectivity index (χ4v) is 2.38. The monoisotopic (exact) mass is 294 g/mol. The minimum atomic E-state index is -0.356. The summed E-state index contributed by atoms with van der Waals surface area (Å²) in [5.74, 6) is -0.356. The van der Waals surface area contributed by atoms with E-state index < -0.39 is 0 Å². The van der Waals surface area contributed by atoms with E-state index in [1.165, 1.54) is 18.2 Å². The first-order valence-corrected chi connectivity index (χ1v) is 6.81. The number of aryl methyl sites for hydroxylation is 1. The molecule has 1 aromatic heterocycles. The molecule has 0 saturated carbocycles. The van der Waals surface area contributed by atoms with E-state index >= 15 is 0 Å². The van der Waals surface area contributed by atoms with Crippen molar-refractivity contribution in [3.8, 4) is 0 Å². The predicted octanol–water partition coefficient (Wildman–Crippen LogP) is 3.83. The van der Waals surface area contributed by atoms with Crippen LogP contribution < -0.4 is 10.9 Å². The molecular weight excluding hydrogens is 279 g/mol. The summed E-state index contributed by atoms with van der Waals surface area (Å²) in [5, 5.41) is 3.64. The second-order valence-electron chi connectivity index (χ2n) is 4.57. The van der Waals surface area contributed by atoms with Crippen LogP contribution in [0.15, 0.2) is 41.3 Å². The van der Waals surface area contributed by atoms with E-state index in [9.17, 15) is 9.18 Å². The minimum Gasteiger partial charge on any atom is -0.377 e. The molecule has 1 atom stereocenters. The van der Waals surface area contributed by atoms with Crippen LogP contribution in [0.4, 0.5) is 10.1 Å². The summed E-state index contributed by atoms with van der Waals surface area (Å²) in [6.07, 6.45) is 1.76. The standard InChI is InChI=1S/C15H16ClFN2O/c1-3-19-9-12(5-7-15(19)20)18-10(2)13-6-4-11(17)8-14(13)16/h4-10,18H,3H2,1-2H3. The van der Waals surface area contributed by atoms with Crippen LogP contribution in [0.25, 0.3) is 0 Å². The molecule has 1 N–H and O–H groups in total. The van der Waals surface area contributed by atoms with Gasteiger partial charge in [0.25, 0.3) is 5.56 Å². The molecular formula is C15H16ClFN2O. The Kier molecular flexibility index (Phi) is 4.45. The molecule has 106 valence electrons. The highest BCUT2D eigenvalue weighted by atomic mass is 35.5. The van der Waals surface area contributed by atoms with Crippen molar-refractivity contribution in [2.24, 2.45) is 0 Å². The number of halogens is 2. The summed E-state index contributed by atoms with van der Waals surface area (Å²) in [6.45, 7) is 4.45. The molecule has 0 fully saturated rings. The Morgan fingerprint density at radius 2 is 2.10 bits per heavy atom. The van der Waals surface area contributed by atoms with Crippen LogP contribution >= 0.6 is 11.6 Å². The number of hydrogen-bond acceptors (Lipinski definition) is 2. The van der Waals surface area contributed by atoms with Gasteiger partial charge in [0.05, 0.1) is 11.7 Å². The zero-order chi connectivity index (χ0) is 14.7. The molecule has 1 aromatic carbocycles. The molecule has 0 aliphatic carbocycles. The minimum absolute atomic E-state index is 0.0366. The SMILES string of the molecule is CCn1cc(NC(C)c2ccc(F)cc2Cl)ccc1=O. The highest BCUT2D eigenvalue weighted by Crippen LogP contribution is 2.26. The molecule has 0 saturated heterocycles. The van der Waals surface area contributed by atoms with Gasteiger partial charge in [-0.1, -0.05) is 17.7 Å². The van der Waals surface area contributed by atoms with Crippen molar-refractivity contribution in [1.29, 1.82) is 0 Å². The van der Waals surface area contributed by atoms with Crippen molar-refractivity contribution >= 4 is 17.3 Å². The largest absolute Gasteiger partial charge is 0.377 e. The average Bonchev–Trinajstić information content (AvgIpc) is 2.40. The summed E-state index contributed by atoms with van der Waals surface area (Å²) < 4.78 is 14.7. The van der Waals surface area contributed by atoms with Crippen LogP contribution in [-0.2, 0) is 6.54 Å². The first-order chi connectivity index (χ1) is 9.51. The molecule has 0 spiro atoms. The van der Waals surface area contributed by atoms with Gasteiger partial charge in [-0.05, 0) is 37.6 Å². The van der Waals surface area contributed by atoms with Crippen molar-refractivity contribution < 1.29 is 4.39 Å².